The van der Waals surface area contributed by atoms with Gasteiger partial charge in [-0.15, -0.1) is 0 Å². The normalized spacial score (nSPS) is 27.0. The van der Waals surface area contributed by atoms with Gasteiger partial charge in [-0.3, -0.25) is 4.79 Å². The highest BCUT2D eigenvalue weighted by atomic mass is 32.2. The Kier molecular flexibility index (Phi) is 6.14. The highest BCUT2D eigenvalue weighted by Gasteiger charge is 2.52. The van der Waals surface area contributed by atoms with E-state index in [1.807, 2.05) is 0 Å². The third kappa shape index (κ3) is 4.38. The molecule has 21 heavy (non-hydrogen) atoms. The zero-order valence-electron chi connectivity index (χ0n) is 11.9. The van der Waals surface area contributed by atoms with Crippen LogP contribution in [0.15, 0.2) is 0 Å². The molecule has 0 spiro atoms. The second-order valence-corrected chi connectivity index (χ2v) is 7.00. The first-order valence-electron chi connectivity index (χ1n) is 6.76. The van der Waals surface area contributed by atoms with Crippen LogP contribution in [0.4, 0.5) is 0 Å². The van der Waals surface area contributed by atoms with Crippen molar-refractivity contribution < 1.29 is 28.4 Å². The molecule has 1 aliphatic rings. The zero-order chi connectivity index (χ0) is 16.3. The van der Waals surface area contributed by atoms with Gasteiger partial charge in [0.1, 0.15) is 5.54 Å². The molecule has 0 aromatic rings. The monoisotopic (exact) mass is 323 g/mol. The van der Waals surface area contributed by atoms with Crippen molar-refractivity contribution in [1.82, 2.24) is 9.03 Å². The van der Waals surface area contributed by atoms with Crippen molar-refractivity contribution in [1.29, 1.82) is 0 Å². The summed E-state index contributed by atoms with van der Waals surface area (Å²) in [6, 6.07) is 0. The predicted molar refractivity (Wildman–Crippen MR) is 76.4 cm³/mol. The molecule has 6 N–H and O–H groups in total. The van der Waals surface area contributed by atoms with Crippen molar-refractivity contribution in [2.45, 2.75) is 31.6 Å². The van der Waals surface area contributed by atoms with Gasteiger partial charge in [0.2, 0.25) is 0 Å². The maximum atomic E-state index is 12.0. The molecule has 0 unspecified atom stereocenters. The Morgan fingerprint density at radius 1 is 1.52 bits per heavy atom. The van der Waals surface area contributed by atoms with E-state index in [-0.39, 0.29) is 26.0 Å². The summed E-state index contributed by atoms with van der Waals surface area (Å²) in [5.41, 5.74) is 4.22. The molecule has 11 heteroatoms. The van der Waals surface area contributed by atoms with Crippen LogP contribution in [0.1, 0.15) is 19.8 Å². The Hall–Kier alpha value is -0.715. The van der Waals surface area contributed by atoms with Gasteiger partial charge in [-0.1, -0.05) is 13.3 Å². The van der Waals surface area contributed by atoms with E-state index in [2.05, 4.69) is 4.72 Å². The number of nitrogens with two attached hydrogens (primary N) is 1. The van der Waals surface area contributed by atoms with Crippen molar-refractivity contribution >= 4 is 23.3 Å². The number of carboxylic acids is 1. The lowest BCUT2D eigenvalue weighted by atomic mass is 9.78. The smallest absolute Gasteiger partial charge is 0.451 e. The Bertz CT molecular complexity index is 473. The summed E-state index contributed by atoms with van der Waals surface area (Å²) in [7, 11) is -5.22. The Morgan fingerprint density at radius 3 is 2.62 bits per heavy atom. The topological polar surface area (TPSA) is 153 Å². The average Bonchev–Trinajstić information content (AvgIpc) is 2.69. The van der Waals surface area contributed by atoms with Crippen molar-refractivity contribution in [3.05, 3.63) is 0 Å². The molecular weight excluding hydrogens is 301 g/mol. The number of aliphatic carboxylic acids is 1. The van der Waals surface area contributed by atoms with Gasteiger partial charge in [0.25, 0.3) is 10.2 Å². The van der Waals surface area contributed by atoms with Crippen molar-refractivity contribution in [3.8, 4) is 0 Å². The minimum atomic E-state index is -3.75. The summed E-state index contributed by atoms with van der Waals surface area (Å²) in [5, 5.41) is 26.9. The largest absolute Gasteiger partial charge is 0.480 e. The fourth-order valence-corrected chi connectivity index (χ4v) is 3.80. The van der Waals surface area contributed by atoms with Crippen LogP contribution < -0.4 is 10.5 Å². The highest BCUT2D eigenvalue weighted by Crippen LogP contribution is 2.31. The third-order valence-corrected chi connectivity index (χ3v) is 5.28. The Labute approximate surface area is 124 Å². The van der Waals surface area contributed by atoms with Gasteiger partial charge in [-0.2, -0.15) is 12.7 Å². The minimum Gasteiger partial charge on any atom is -0.480 e. The van der Waals surface area contributed by atoms with Crippen molar-refractivity contribution in [2.24, 2.45) is 11.7 Å². The van der Waals surface area contributed by atoms with Gasteiger partial charge in [0, 0.05) is 25.6 Å². The van der Waals surface area contributed by atoms with Crippen LogP contribution in [-0.4, -0.2) is 66.1 Å². The lowest BCUT2D eigenvalue weighted by Crippen LogP contribution is -2.55. The maximum absolute atomic E-state index is 12.0. The summed E-state index contributed by atoms with van der Waals surface area (Å²) < 4.78 is 27.3. The van der Waals surface area contributed by atoms with Crippen LogP contribution in [-0.2, 0) is 15.0 Å². The molecule has 0 aromatic heterocycles. The van der Waals surface area contributed by atoms with E-state index in [0.29, 0.717) is 12.8 Å². The van der Waals surface area contributed by atoms with Crippen LogP contribution in [0.3, 0.4) is 0 Å². The molecule has 1 heterocycles. The van der Waals surface area contributed by atoms with Crippen molar-refractivity contribution in [2.75, 3.05) is 19.6 Å². The second kappa shape index (κ2) is 7.03. The zero-order valence-corrected chi connectivity index (χ0v) is 12.7. The predicted octanol–water partition coefficient (Wildman–Crippen LogP) is -2.19. The minimum absolute atomic E-state index is 0.000340. The SMILES string of the molecule is CCNS(=O)(=O)N1C[C@H](CCCB(O)O)[C@](N)(C(=O)O)C1. The number of hydrogen-bond donors (Lipinski definition) is 5. The number of nitrogens with zero attached hydrogens (tertiary/aromatic N) is 1. The summed E-state index contributed by atoms with van der Waals surface area (Å²) in [6.45, 7) is 1.52. The average molecular weight is 323 g/mol. The molecule has 0 bridgehead atoms. The molecule has 0 amide bonds. The maximum Gasteiger partial charge on any atom is 0.451 e. The fourth-order valence-electron chi connectivity index (χ4n) is 2.49. The Morgan fingerprint density at radius 2 is 2.14 bits per heavy atom. The molecule has 1 aliphatic heterocycles. The number of carbonyl (C=O) groups is 1. The van der Waals surface area contributed by atoms with E-state index in [1.54, 1.807) is 6.92 Å². The van der Waals surface area contributed by atoms with E-state index in [4.69, 9.17) is 15.8 Å². The van der Waals surface area contributed by atoms with Crippen LogP contribution in [0.5, 0.6) is 0 Å². The van der Waals surface area contributed by atoms with E-state index in [1.165, 1.54) is 0 Å². The summed E-state index contributed by atoms with van der Waals surface area (Å²) >= 11 is 0. The molecule has 122 valence electrons. The first-order valence-corrected chi connectivity index (χ1v) is 8.20. The fraction of sp³-hybridized carbons (Fsp3) is 0.900. The molecule has 0 aromatic carbocycles. The molecule has 1 rings (SSSR count). The molecule has 9 nitrogen and oxygen atoms in total. The van der Waals surface area contributed by atoms with Gasteiger partial charge in [0.15, 0.2) is 0 Å². The Balaban J connectivity index is 2.83. The number of nitrogens with one attached hydrogen (secondary N) is 1. The molecule has 2 atom stereocenters. The van der Waals surface area contributed by atoms with Crippen LogP contribution in [0.25, 0.3) is 0 Å². The molecule has 1 fully saturated rings. The second-order valence-electron chi connectivity index (χ2n) is 5.25. The number of carboxylic acid groups (broad SMARTS) is 1. The quantitative estimate of drug-likeness (QED) is 0.318. The van der Waals surface area contributed by atoms with Crippen LogP contribution in [0.2, 0.25) is 6.32 Å². The summed E-state index contributed by atoms with van der Waals surface area (Å²) in [4.78, 5) is 11.4. The van der Waals surface area contributed by atoms with Gasteiger partial charge >= 0.3 is 13.1 Å². The van der Waals surface area contributed by atoms with Gasteiger partial charge < -0.3 is 20.9 Å². The van der Waals surface area contributed by atoms with Crippen LogP contribution >= 0.6 is 0 Å². The summed E-state index contributed by atoms with van der Waals surface area (Å²) in [6.07, 6.45) is 0.744. The lowest BCUT2D eigenvalue weighted by molar-refractivity contribution is -0.144. The molecule has 0 radical (unpaired) electrons. The van der Waals surface area contributed by atoms with Crippen LogP contribution in [0, 0.1) is 5.92 Å². The highest BCUT2D eigenvalue weighted by molar-refractivity contribution is 7.87. The lowest BCUT2D eigenvalue weighted by Gasteiger charge is -2.25. The third-order valence-electron chi connectivity index (χ3n) is 3.67. The van der Waals surface area contributed by atoms with Gasteiger partial charge in [0.05, 0.1) is 0 Å². The first-order chi connectivity index (χ1) is 9.63. The van der Waals surface area contributed by atoms with Gasteiger partial charge in [-0.25, -0.2) is 4.72 Å². The molecule has 0 aliphatic carbocycles. The number of rotatable bonds is 8. The number of hydrogen-bond acceptors (Lipinski definition) is 6. The van der Waals surface area contributed by atoms with Gasteiger partial charge in [-0.05, 0) is 12.7 Å². The van der Waals surface area contributed by atoms with E-state index in [9.17, 15) is 18.3 Å². The first kappa shape index (κ1) is 18.3. The summed E-state index contributed by atoms with van der Waals surface area (Å²) in [5.74, 6) is -1.84. The van der Waals surface area contributed by atoms with E-state index in [0.717, 1.165) is 4.31 Å². The molecule has 1 saturated heterocycles. The van der Waals surface area contributed by atoms with E-state index >= 15 is 0 Å². The molecular formula is C10H22BN3O6S. The standard InChI is InChI=1S/C10H22BN3O6S/c1-2-13-21(19,20)14-6-8(4-3-5-11(17)18)10(12,7-14)9(15)16/h8,13,17-18H,2-7,12H2,1H3,(H,15,16)/t8-,10-/m0/s1. The van der Waals surface area contributed by atoms with Crippen molar-refractivity contribution in [3.63, 3.8) is 0 Å². The molecule has 0 saturated carbocycles. The van der Waals surface area contributed by atoms with E-state index < -0.39 is 34.8 Å².